The molecule has 2 aromatic rings. The number of methoxy groups -OCH3 is 1. The molecule has 10 nitrogen and oxygen atoms in total. The van der Waals surface area contributed by atoms with Gasteiger partial charge < -0.3 is 28.2 Å². The number of hydrogen-bond donors (Lipinski definition) is 2. The van der Waals surface area contributed by atoms with Crippen LogP contribution in [0.15, 0.2) is 52.2 Å². The molecule has 1 aromatic heterocycles. The molecule has 2 heterocycles. The summed E-state index contributed by atoms with van der Waals surface area (Å²) in [7, 11) is -0.238. The monoisotopic (exact) mass is 454 g/mol. The van der Waals surface area contributed by atoms with Crippen LogP contribution in [0.1, 0.15) is 24.6 Å². The maximum Gasteiger partial charge on any atom is 0.333 e. The summed E-state index contributed by atoms with van der Waals surface area (Å²) in [5.74, 6) is 0. The first-order chi connectivity index (χ1) is 15.0. The van der Waals surface area contributed by atoms with Crippen molar-refractivity contribution in [3.63, 3.8) is 0 Å². The summed E-state index contributed by atoms with van der Waals surface area (Å²) in [6.45, 7) is 0.655. The van der Waals surface area contributed by atoms with Crippen molar-refractivity contribution in [1.82, 2.24) is 9.55 Å². The molecule has 0 spiro atoms. The molecule has 1 saturated heterocycles. The van der Waals surface area contributed by atoms with Crippen LogP contribution in [-0.2, 0) is 29.7 Å². The standard InChI is InChI=1S/C20H27N2O8P/c1-26-12-16(23)13-28-31(27-11-15-5-3-2-4-6-15)29-14-17-7-8-19(30-17)22-10-9-18(24)21-20(22)25/h2-6,9-10,16-17,19,23H,7-8,11-14H2,1H3,(H,21,24,25). The van der Waals surface area contributed by atoms with E-state index >= 15 is 0 Å². The van der Waals surface area contributed by atoms with Gasteiger partial charge in [-0.05, 0) is 18.4 Å². The Morgan fingerprint density at radius 3 is 2.71 bits per heavy atom. The number of aliphatic hydroxyl groups excluding tert-OH is 1. The van der Waals surface area contributed by atoms with Crippen molar-refractivity contribution in [3.05, 3.63) is 69.0 Å². The number of ether oxygens (including phenoxy) is 2. The first kappa shape index (κ1) is 23.7. The fraction of sp³-hybridized carbons (Fsp3) is 0.500. The minimum atomic E-state index is -1.73. The van der Waals surface area contributed by atoms with Crippen LogP contribution >= 0.6 is 8.60 Å². The largest absolute Gasteiger partial charge is 0.388 e. The highest BCUT2D eigenvalue weighted by Crippen LogP contribution is 2.42. The lowest BCUT2D eigenvalue weighted by Crippen LogP contribution is -2.31. The Balaban J connectivity index is 1.52. The molecule has 1 aromatic carbocycles. The van der Waals surface area contributed by atoms with Crippen molar-refractivity contribution in [2.24, 2.45) is 0 Å². The fourth-order valence-corrected chi connectivity index (χ4v) is 4.07. The quantitative estimate of drug-likeness (QED) is 0.465. The van der Waals surface area contributed by atoms with Gasteiger partial charge in [-0.25, -0.2) is 4.79 Å². The van der Waals surface area contributed by atoms with Crippen molar-refractivity contribution in [2.75, 3.05) is 26.9 Å². The summed E-state index contributed by atoms with van der Waals surface area (Å²) in [5, 5.41) is 9.84. The minimum Gasteiger partial charge on any atom is -0.388 e. The van der Waals surface area contributed by atoms with Crippen molar-refractivity contribution < 1.29 is 28.2 Å². The molecule has 0 bridgehead atoms. The summed E-state index contributed by atoms with van der Waals surface area (Å²) in [6.07, 6.45) is 1.17. The van der Waals surface area contributed by atoms with E-state index in [-0.39, 0.29) is 25.9 Å². The highest BCUT2D eigenvalue weighted by molar-refractivity contribution is 7.41. The summed E-state index contributed by atoms with van der Waals surface area (Å²) in [5.41, 5.74) is 0.00499. The molecule has 170 valence electrons. The number of H-pyrrole nitrogens is 1. The van der Waals surface area contributed by atoms with Crippen molar-refractivity contribution in [2.45, 2.75) is 37.9 Å². The molecule has 1 aliphatic rings. The van der Waals surface area contributed by atoms with Crippen LogP contribution in [0.3, 0.4) is 0 Å². The number of aliphatic hydroxyl groups is 1. The Hall–Kier alpha value is -1.91. The second-order valence-electron chi connectivity index (χ2n) is 6.99. The summed E-state index contributed by atoms with van der Waals surface area (Å²) in [4.78, 5) is 25.4. The Morgan fingerprint density at radius 2 is 1.97 bits per heavy atom. The Labute approximate surface area is 180 Å². The van der Waals surface area contributed by atoms with E-state index in [1.54, 1.807) is 0 Å². The highest BCUT2D eigenvalue weighted by atomic mass is 31.2. The van der Waals surface area contributed by atoms with Crippen LogP contribution in [-0.4, -0.2) is 53.8 Å². The van der Waals surface area contributed by atoms with Gasteiger partial charge >= 0.3 is 14.3 Å². The van der Waals surface area contributed by atoms with Crippen LogP contribution in [0.25, 0.3) is 0 Å². The van der Waals surface area contributed by atoms with Crippen LogP contribution < -0.4 is 11.2 Å². The molecule has 31 heavy (non-hydrogen) atoms. The molecule has 1 aliphatic heterocycles. The zero-order valence-electron chi connectivity index (χ0n) is 17.2. The lowest BCUT2D eigenvalue weighted by molar-refractivity contribution is -0.0267. The van der Waals surface area contributed by atoms with E-state index in [1.807, 2.05) is 30.3 Å². The maximum atomic E-state index is 11.9. The topological polar surface area (TPSA) is 121 Å². The van der Waals surface area contributed by atoms with Gasteiger partial charge in [0.15, 0.2) is 0 Å². The van der Waals surface area contributed by atoms with E-state index in [0.29, 0.717) is 19.4 Å². The zero-order chi connectivity index (χ0) is 22.1. The second-order valence-corrected chi connectivity index (χ2v) is 8.21. The molecular weight excluding hydrogens is 427 g/mol. The third kappa shape index (κ3) is 7.62. The van der Waals surface area contributed by atoms with E-state index in [9.17, 15) is 14.7 Å². The SMILES string of the molecule is COCC(O)COP(OCc1ccccc1)OCC1CCC(n2ccc(=O)[nH]c2=O)O1. The lowest BCUT2D eigenvalue weighted by Gasteiger charge is -2.21. The van der Waals surface area contributed by atoms with Crippen molar-refractivity contribution in [3.8, 4) is 0 Å². The molecule has 0 radical (unpaired) electrons. The molecule has 3 rings (SSSR count). The average molecular weight is 454 g/mol. The van der Waals surface area contributed by atoms with Gasteiger partial charge in [0.1, 0.15) is 12.3 Å². The van der Waals surface area contributed by atoms with Crippen LogP contribution in [0, 0.1) is 0 Å². The van der Waals surface area contributed by atoms with Gasteiger partial charge in [0.25, 0.3) is 5.56 Å². The smallest absolute Gasteiger partial charge is 0.333 e. The average Bonchev–Trinajstić information content (AvgIpc) is 3.23. The predicted molar refractivity (Wildman–Crippen MR) is 112 cm³/mol. The van der Waals surface area contributed by atoms with Crippen LogP contribution in [0.2, 0.25) is 0 Å². The second kappa shape index (κ2) is 12.2. The summed E-state index contributed by atoms with van der Waals surface area (Å²) in [6, 6.07) is 10.9. The normalized spacial score (nSPS) is 20.6. The number of nitrogens with one attached hydrogen (secondary N) is 1. The highest BCUT2D eigenvalue weighted by Gasteiger charge is 2.29. The zero-order valence-corrected chi connectivity index (χ0v) is 18.1. The lowest BCUT2D eigenvalue weighted by atomic mass is 10.2. The van der Waals surface area contributed by atoms with Gasteiger partial charge in [-0.2, -0.15) is 0 Å². The van der Waals surface area contributed by atoms with Crippen molar-refractivity contribution in [1.29, 1.82) is 0 Å². The predicted octanol–water partition coefficient (Wildman–Crippen LogP) is 1.70. The van der Waals surface area contributed by atoms with Gasteiger partial charge in [0.2, 0.25) is 0 Å². The number of benzene rings is 1. The molecule has 1 fully saturated rings. The number of nitrogens with zero attached hydrogens (tertiary/aromatic N) is 1. The van der Waals surface area contributed by atoms with E-state index in [2.05, 4.69) is 4.98 Å². The Morgan fingerprint density at radius 1 is 1.16 bits per heavy atom. The molecule has 11 heteroatoms. The number of aromatic amines is 1. The minimum absolute atomic E-state index is 0.00918. The molecule has 0 saturated carbocycles. The van der Waals surface area contributed by atoms with Crippen LogP contribution in [0.5, 0.6) is 0 Å². The molecular formula is C20H27N2O8P. The van der Waals surface area contributed by atoms with E-state index in [0.717, 1.165) is 5.56 Å². The summed E-state index contributed by atoms with van der Waals surface area (Å²) >= 11 is 0. The van der Waals surface area contributed by atoms with Gasteiger partial charge in [0, 0.05) is 19.4 Å². The van der Waals surface area contributed by atoms with E-state index in [1.165, 1.54) is 23.9 Å². The fourth-order valence-electron chi connectivity index (χ4n) is 3.01. The van der Waals surface area contributed by atoms with E-state index in [4.69, 9.17) is 23.0 Å². The van der Waals surface area contributed by atoms with Gasteiger partial charge in [0.05, 0.1) is 32.5 Å². The van der Waals surface area contributed by atoms with Crippen molar-refractivity contribution >= 4 is 8.60 Å². The van der Waals surface area contributed by atoms with Gasteiger partial charge in [-0.3, -0.25) is 14.3 Å². The molecule has 4 unspecified atom stereocenters. The Kier molecular flexibility index (Phi) is 9.35. The first-order valence-electron chi connectivity index (χ1n) is 9.92. The maximum absolute atomic E-state index is 11.9. The molecule has 0 aliphatic carbocycles. The van der Waals surface area contributed by atoms with E-state index < -0.39 is 32.2 Å². The number of rotatable bonds is 12. The first-order valence-corrected chi connectivity index (χ1v) is 11.0. The third-order valence-electron chi connectivity index (χ3n) is 4.52. The number of hydrogen-bond acceptors (Lipinski definition) is 8. The Bertz CT molecular complexity index is 906. The molecule has 4 atom stereocenters. The summed E-state index contributed by atoms with van der Waals surface area (Å²) < 4.78 is 29.4. The van der Waals surface area contributed by atoms with Gasteiger partial charge in [-0.15, -0.1) is 0 Å². The van der Waals surface area contributed by atoms with Crippen LogP contribution in [0.4, 0.5) is 0 Å². The molecule has 0 amide bonds. The third-order valence-corrected chi connectivity index (χ3v) is 5.58. The molecule has 2 N–H and O–H groups in total. The van der Waals surface area contributed by atoms with Gasteiger partial charge in [-0.1, -0.05) is 30.3 Å². The number of aromatic nitrogens is 2.